The molecule has 0 unspecified atom stereocenters. The summed E-state index contributed by atoms with van der Waals surface area (Å²) in [6, 6.07) is 12.7. The van der Waals surface area contributed by atoms with E-state index in [2.05, 4.69) is 17.2 Å². The Hall–Kier alpha value is -2.77. The second-order valence-corrected chi connectivity index (χ2v) is 7.31. The van der Waals surface area contributed by atoms with E-state index < -0.39 is 12.6 Å². The largest absolute Gasteiger partial charge is 0.480 e. The third-order valence-electron chi connectivity index (χ3n) is 3.83. The predicted molar refractivity (Wildman–Crippen MR) is 111 cm³/mol. The minimum atomic E-state index is -1.09. The van der Waals surface area contributed by atoms with Gasteiger partial charge in [0.15, 0.2) is 11.8 Å². The number of carbonyl (C=O) groups is 2. The Morgan fingerprint density at radius 2 is 2.04 bits per heavy atom. The lowest BCUT2D eigenvalue weighted by Crippen LogP contribution is -2.19. The first-order chi connectivity index (χ1) is 13.4. The molecule has 6 nitrogen and oxygen atoms in total. The molecule has 0 spiro atoms. The molecule has 2 aromatic rings. The molecule has 0 radical (unpaired) electrons. The number of aryl methyl sites for hydroxylation is 1. The fourth-order valence-corrected chi connectivity index (χ4v) is 3.50. The smallest absolute Gasteiger partial charge is 0.341 e. The van der Waals surface area contributed by atoms with E-state index in [0.29, 0.717) is 15.6 Å². The number of nitrogens with one attached hydrogen (secondary N) is 1. The maximum Gasteiger partial charge on any atom is 0.341 e. The van der Waals surface area contributed by atoms with Crippen molar-refractivity contribution < 1.29 is 19.4 Å². The summed E-state index contributed by atoms with van der Waals surface area (Å²) in [7, 11) is 0. The molecule has 144 valence electrons. The van der Waals surface area contributed by atoms with E-state index in [1.807, 2.05) is 24.3 Å². The van der Waals surface area contributed by atoms with Gasteiger partial charge < -0.3 is 15.2 Å². The molecule has 1 fully saturated rings. The van der Waals surface area contributed by atoms with Crippen LogP contribution in [0.15, 0.2) is 52.4 Å². The number of hydrogen-bond donors (Lipinski definition) is 2. The van der Waals surface area contributed by atoms with Crippen LogP contribution >= 0.6 is 23.4 Å². The van der Waals surface area contributed by atoms with Crippen LogP contribution in [0.5, 0.6) is 5.75 Å². The summed E-state index contributed by atoms with van der Waals surface area (Å²) >= 11 is 7.36. The number of aliphatic imine (C=N–C) groups is 1. The van der Waals surface area contributed by atoms with Gasteiger partial charge in [-0.15, -0.1) is 0 Å². The van der Waals surface area contributed by atoms with E-state index in [4.69, 9.17) is 21.4 Å². The normalized spacial score (nSPS) is 16.4. The summed E-state index contributed by atoms with van der Waals surface area (Å²) in [4.78, 5) is 27.7. The van der Waals surface area contributed by atoms with Gasteiger partial charge in [0.25, 0.3) is 5.91 Å². The Kier molecular flexibility index (Phi) is 6.38. The highest BCUT2D eigenvalue weighted by Crippen LogP contribution is 2.31. The van der Waals surface area contributed by atoms with Crippen molar-refractivity contribution in [2.24, 2.45) is 4.99 Å². The van der Waals surface area contributed by atoms with Gasteiger partial charge in [0, 0.05) is 0 Å². The van der Waals surface area contributed by atoms with Gasteiger partial charge in [-0.2, -0.15) is 0 Å². The molecular weight excluding hydrogens is 400 g/mol. The minimum Gasteiger partial charge on any atom is -0.480 e. The summed E-state index contributed by atoms with van der Waals surface area (Å²) in [5, 5.41) is 12.2. The molecule has 1 amide bonds. The predicted octanol–water partition coefficient (Wildman–Crippen LogP) is 4.26. The van der Waals surface area contributed by atoms with Crippen molar-refractivity contribution in [2.75, 3.05) is 6.61 Å². The Morgan fingerprint density at radius 1 is 1.29 bits per heavy atom. The Morgan fingerprint density at radius 3 is 2.68 bits per heavy atom. The van der Waals surface area contributed by atoms with Gasteiger partial charge in [0.05, 0.1) is 15.6 Å². The molecule has 0 saturated carbocycles. The SMILES string of the molecule is CCc1ccc(N=C2NC(=O)/C(=C/c3ccc(OCC(=O)O)c(Cl)c3)S2)cc1. The van der Waals surface area contributed by atoms with Crippen molar-refractivity contribution in [3.05, 3.63) is 63.5 Å². The third-order valence-corrected chi connectivity index (χ3v) is 5.04. The highest BCUT2D eigenvalue weighted by molar-refractivity contribution is 8.18. The van der Waals surface area contributed by atoms with E-state index in [-0.39, 0.29) is 16.7 Å². The molecule has 1 saturated heterocycles. The van der Waals surface area contributed by atoms with Gasteiger partial charge in [-0.25, -0.2) is 9.79 Å². The third kappa shape index (κ3) is 5.15. The quantitative estimate of drug-likeness (QED) is 0.687. The Bertz CT molecular complexity index is 971. The summed E-state index contributed by atoms with van der Waals surface area (Å²) in [6.45, 7) is 1.61. The fourth-order valence-electron chi connectivity index (χ4n) is 2.42. The number of hydrogen-bond acceptors (Lipinski definition) is 5. The molecular formula is C20H17ClN2O4S. The zero-order chi connectivity index (χ0) is 20.1. The molecule has 1 aliphatic rings. The number of aliphatic carboxylic acids is 1. The Balaban J connectivity index is 1.73. The number of benzene rings is 2. The van der Waals surface area contributed by atoms with Crippen LogP contribution < -0.4 is 10.1 Å². The average molecular weight is 417 g/mol. The maximum atomic E-state index is 12.2. The van der Waals surface area contributed by atoms with E-state index in [1.54, 1.807) is 24.3 Å². The van der Waals surface area contributed by atoms with Crippen LogP contribution in [-0.2, 0) is 16.0 Å². The molecule has 0 atom stereocenters. The number of carboxylic acids is 1. The number of thioether (sulfide) groups is 1. The minimum absolute atomic E-state index is 0.240. The van der Waals surface area contributed by atoms with Crippen LogP contribution in [0.25, 0.3) is 6.08 Å². The molecule has 2 aromatic carbocycles. The van der Waals surface area contributed by atoms with E-state index >= 15 is 0 Å². The Labute approximate surface area is 171 Å². The van der Waals surface area contributed by atoms with Crippen LogP contribution in [-0.4, -0.2) is 28.8 Å². The highest BCUT2D eigenvalue weighted by Gasteiger charge is 2.23. The second-order valence-electron chi connectivity index (χ2n) is 5.87. The summed E-state index contributed by atoms with van der Waals surface area (Å²) in [5.41, 5.74) is 2.68. The number of ether oxygens (including phenoxy) is 1. The molecule has 1 heterocycles. The number of nitrogens with zero attached hydrogens (tertiary/aromatic N) is 1. The van der Waals surface area contributed by atoms with Crippen molar-refractivity contribution in [3.8, 4) is 5.75 Å². The highest BCUT2D eigenvalue weighted by atomic mass is 35.5. The summed E-state index contributed by atoms with van der Waals surface area (Å²) in [5.74, 6) is -1.05. The monoisotopic (exact) mass is 416 g/mol. The van der Waals surface area contributed by atoms with Crippen LogP contribution in [0.3, 0.4) is 0 Å². The average Bonchev–Trinajstić information content (AvgIpc) is 3.00. The molecule has 8 heteroatoms. The van der Waals surface area contributed by atoms with Crippen molar-refractivity contribution in [1.82, 2.24) is 5.32 Å². The van der Waals surface area contributed by atoms with Crippen molar-refractivity contribution in [3.63, 3.8) is 0 Å². The lowest BCUT2D eigenvalue weighted by molar-refractivity contribution is -0.139. The van der Waals surface area contributed by atoms with Gasteiger partial charge in [-0.3, -0.25) is 4.79 Å². The van der Waals surface area contributed by atoms with Gasteiger partial charge in [-0.05, 0) is 59.7 Å². The fraction of sp³-hybridized carbons (Fsp3) is 0.150. The van der Waals surface area contributed by atoms with Gasteiger partial charge in [0.2, 0.25) is 0 Å². The van der Waals surface area contributed by atoms with Crippen LogP contribution in [0.4, 0.5) is 5.69 Å². The number of rotatable bonds is 6. The number of carboxylic acid groups (broad SMARTS) is 1. The molecule has 0 bridgehead atoms. The van der Waals surface area contributed by atoms with E-state index in [9.17, 15) is 9.59 Å². The first-order valence-electron chi connectivity index (χ1n) is 8.47. The molecule has 0 aliphatic carbocycles. The molecule has 3 rings (SSSR count). The summed E-state index contributed by atoms with van der Waals surface area (Å²) in [6.07, 6.45) is 2.65. The molecule has 0 aromatic heterocycles. The lowest BCUT2D eigenvalue weighted by atomic mass is 10.2. The number of amidine groups is 1. The van der Waals surface area contributed by atoms with E-state index in [0.717, 1.165) is 12.1 Å². The number of amides is 1. The number of carbonyl (C=O) groups excluding carboxylic acids is 1. The standard InChI is InChI=1S/C20H17ClN2O4S/c1-2-12-3-6-14(7-4-12)22-20-23-19(26)17(28-20)10-13-5-8-16(15(21)9-13)27-11-18(24)25/h3-10H,2,11H2,1H3,(H,24,25)(H,22,23,26)/b17-10-. The van der Waals surface area contributed by atoms with Gasteiger partial charge in [-0.1, -0.05) is 36.7 Å². The topological polar surface area (TPSA) is 88.0 Å². The van der Waals surface area contributed by atoms with Gasteiger partial charge in [0.1, 0.15) is 5.75 Å². The van der Waals surface area contributed by atoms with Crippen LogP contribution in [0.2, 0.25) is 5.02 Å². The van der Waals surface area contributed by atoms with Crippen LogP contribution in [0, 0.1) is 0 Å². The first kappa shape index (κ1) is 20.0. The van der Waals surface area contributed by atoms with E-state index in [1.165, 1.54) is 17.3 Å². The lowest BCUT2D eigenvalue weighted by Gasteiger charge is -2.06. The molecule has 1 aliphatic heterocycles. The first-order valence-corrected chi connectivity index (χ1v) is 9.66. The zero-order valence-corrected chi connectivity index (χ0v) is 16.5. The summed E-state index contributed by atoms with van der Waals surface area (Å²) < 4.78 is 5.09. The molecule has 28 heavy (non-hydrogen) atoms. The maximum absolute atomic E-state index is 12.2. The van der Waals surface area contributed by atoms with Crippen LogP contribution in [0.1, 0.15) is 18.1 Å². The molecule has 2 N–H and O–H groups in total. The second kappa shape index (κ2) is 8.95. The van der Waals surface area contributed by atoms with Crippen molar-refractivity contribution in [2.45, 2.75) is 13.3 Å². The van der Waals surface area contributed by atoms with Crippen molar-refractivity contribution in [1.29, 1.82) is 0 Å². The van der Waals surface area contributed by atoms with Crippen molar-refractivity contribution >= 4 is 52.2 Å². The number of halogens is 1. The zero-order valence-electron chi connectivity index (χ0n) is 14.9. The van der Waals surface area contributed by atoms with Gasteiger partial charge >= 0.3 is 5.97 Å².